The Balaban J connectivity index is 2.25. The maximum absolute atomic E-state index is 12.7. The summed E-state index contributed by atoms with van der Waals surface area (Å²) in [5.74, 6) is -0.940. The SMILES string of the molecule is C[C@H](C#N)OC(=O)c1ccc(-c2cccc(C(F)(F)F)c2)o1. The molecule has 4 nitrogen and oxygen atoms in total. The number of furan rings is 1. The molecular formula is C15H10F3NO3. The van der Waals surface area contributed by atoms with E-state index in [-0.39, 0.29) is 17.1 Å². The van der Waals surface area contributed by atoms with E-state index in [1.807, 2.05) is 0 Å². The minimum atomic E-state index is -4.47. The van der Waals surface area contributed by atoms with E-state index in [0.29, 0.717) is 0 Å². The summed E-state index contributed by atoms with van der Waals surface area (Å²) >= 11 is 0. The third-order valence-electron chi connectivity index (χ3n) is 2.75. The van der Waals surface area contributed by atoms with E-state index in [0.717, 1.165) is 12.1 Å². The quantitative estimate of drug-likeness (QED) is 0.803. The highest BCUT2D eigenvalue weighted by Crippen LogP contribution is 2.32. The van der Waals surface area contributed by atoms with Crippen molar-refractivity contribution < 1.29 is 27.1 Å². The lowest BCUT2D eigenvalue weighted by molar-refractivity contribution is -0.137. The second kappa shape index (κ2) is 5.93. The lowest BCUT2D eigenvalue weighted by Gasteiger charge is -2.07. The summed E-state index contributed by atoms with van der Waals surface area (Å²) in [5.41, 5.74) is -0.633. The second-order valence-corrected chi connectivity index (χ2v) is 4.42. The topological polar surface area (TPSA) is 63.2 Å². The Bertz CT molecular complexity index is 728. The highest BCUT2D eigenvalue weighted by atomic mass is 19.4. The Morgan fingerprint density at radius 1 is 1.32 bits per heavy atom. The van der Waals surface area contributed by atoms with Crippen LogP contribution in [0.25, 0.3) is 11.3 Å². The zero-order chi connectivity index (χ0) is 16.3. The molecule has 2 aromatic rings. The maximum atomic E-state index is 12.7. The van der Waals surface area contributed by atoms with E-state index in [9.17, 15) is 18.0 Å². The number of carbonyl (C=O) groups is 1. The van der Waals surface area contributed by atoms with Crippen LogP contribution in [-0.4, -0.2) is 12.1 Å². The standard InChI is InChI=1S/C15H10F3NO3/c1-9(8-19)21-14(20)13-6-5-12(22-13)10-3-2-4-11(7-10)15(16,17)18/h2-7,9H,1H3/t9-/m1/s1. The number of benzene rings is 1. The Hall–Kier alpha value is -2.75. The summed E-state index contributed by atoms with van der Waals surface area (Å²) < 4.78 is 47.9. The molecular weight excluding hydrogens is 299 g/mol. The van der Waals surface area contributed by atoms with Gasteiger partial charge in [-0.3, -0.25) is 0 Å². The van der Waals surface area contributed by atoms with Crippen LogP contribution < -0.4 is 0 Å². The zero-order valence-corrected chi connectivity index (χ0v) is 11.3. The molecule has 0 fully saturated rings. The van der Waals surface area contributed by atoms with Crippen molar-refractivity contribution in [2.24, 2.45) is 0 Å². The fourth-order valence-corrected chi connectivity index (χ4v) is 1.70. The first-order chi connectivity index (χ1) is 10.3. The first kappa shape index (κ1) is 15.6. The molecule has 0 N–H and O–H groups in total. The van der Waals surface area contributed by atoms with E-state index in [1.54, 1.807) is 6.07 Å². The molecule has 0 aliphatic carbocycles. The fraction of sp³-hybridized carbons (Fsp3) is 0.200. The van der Waals surface area contributed by atoms with Gasteiger partial charge in [-0.15, -0.1) is 0 Å². The number of hydrogen-bond donors (Lipinski definition) is 0. The van der Waals surface area contributed by atoms with Gasteiger partial charge >= 0.3 is 12.1 Å². The summed E-state index contributed by atoms with van der Waals surface area (Å²) in [6.45, 7) is 1.38. The highest BCUT2D eigenvalue weighted by Gasteiger charge is 2.30. The van der Waals surface area contributed by atoms with Crippen molar-refractivity contribution in [3.63, 3.8) is 0 Å². The molecule has 114 valence electrons. The van der Waals surface area contributed by atoms with Crippen LogP contribution >= 0.6 is 0 Å². The number of alkyl halides is 3. The Morgan fingerprint density at radius 2 is 2.05 bits per heavy atom. The van der Waals surface area contributed by atoms with Crippen LogP contribution in [0.2, 0.25) is 0 Å². The van der Waals surface area contributed by atoms with Gasteiger partial charge in [0.2, 0.25) is 5.76 Å². The van der Waals surface area contributed by atoms with Gasteiger partial charge in [0.15, 0.2) is 6.10 Å². The van der Waals surface area contributed by atoms with Crippen molar-refractivity contribution in [1.29, 1.82) is 5.26 Å². The summed E-state index contributed by atoms with van der Waals surface area (Å²) in [7, 11) is 0. The Kier molecular flexibility index (Phi) is 4.22. The maximum Gasteiger partial charge on any atom is 0.416 e. The van der Waals surface area contributed by atoms with Crippen LogP contribution in [0.4, 0.5) is 13.2 Å². The number of rotatable bonds is 3. The first-order valence-corrected chi connectivity index (χ1v) is 6.19. The van der Waals surface area contributed by atoms with Gasteiger partial charge in [0.05, 0.1) is 5.56 Å². The van der Waals surface area contributed by atoms with E-state index < -0.39 is 23.8 Å². The van der Waals surface area contributed by atoms with Gasteiger partial charge in [-0.1, -0.05) is 12.1 Å². The van der Waals surface area contributed by atoms with Crippen LogP contribution in [0.15, 0.2) is 40.8 Å². The van der Waals surface area contributed by atoms with E-state index in [4.69, 9.17) is 14.4 Å². The van der Waals surface area contributed by atoms with Crippen molar-refractivity contribution in [1.82, 2.24) is 0 Å². The number of carbonyl (C=O) groups excluding carboxylic acids is 1. The van der Waals surface area contributed by atoms with Gasteiger partial charge in [-0.05, 0) is 31.2 Å². The summed E-state index contributed by atoms with van der Waals surface area (Å²) in [6, 6.07) is 8.90. The lowest BCUT2D eigenvalue weighted by atomic mass is 10.1. The molecule has 7 heteroatoms. The zero-order valence-electron chi connectivity index (χ0n) is 11.3. The number of nitriles is 1. The van der Waals surface area contributed by atoms with Crippen LogP contribution in [0, 0.1) is 11.3 Å². The van der Waals surface area contributed by atoms with E-state index in [1.165, 1.54) is 31.2 Å². The van der Waals surface area contributed by atoms with Crippen LogP contribution in [0.1, 0.15) is 23.0 Å². The molecule has 0 saturated heterocycles. The average Bonchev–Trinajstić information content (AvgIpc) is 2.96. The Morgan fingerprint density at radius 3 is 2.68 bits per heavy atom. The smallest absolute Gasteiger partial charge is 0.416 e. The normalized spacial score (nSPS) is 12.5. The number of nitrogens with zero attached hydrogens (tertiary/aromatic N) is 1. The van der Waals surface area contributed by atoms with E-state index >= 15 is 0 Å². The Labute approximate surface area is 123 Å². The molecule has 22 heavy (non-hydrogen) atoms. The molecule has 0 radical (unpaired) electrons. The third-order valence-corrected chi connectivity index (χ3v) is 2.75. The summed E-state index contributed by atoms with van der Waals surface area (Å²) in [4.78, 5) is 11.6. The molecule has 2 rings (SSSR count). The number of hydrogen-bond acceptors (Lipinski definition) is 4. The largest absolute Gasteiger partial charge is 0.449 e. The third kappa shape index (κ3) is 3.47. The molecule has 0 bridgehead atoms. The summed E-state index contributed by atoms with van der Waals surface area (Å²) in [5, 5.41) is 8.56. The van der Waals surface area contributed by atoms with Gasteiger partial charge in [0.25, 0.3) is 0 Å². The van der Waals surface area contributed by atoms with Gasteiger partial charge in [-0.2, -0.15) is 18.4 Å². The van der Waals surface area contributed by atoms with E-state index in [2.05, 4.69) is 0 Å². The van der Waals surface area contributed by atoms with Gasteiger partial charge in [0, 0.05) is 5.56 Å². The second-order valence-electron chi connectivity index (χ2n) is 4.42. The van der Waals surface area contributed by atoms with Gasteiger partial charge in [0.1, 0.15) is 11.8 Å². The molecule has 0 aliphatic rings. The average molecular weight is 309 g/mol. The van der Waals surface area contributed by atoms with Crippen molar-refractivity contribution in [2.75, 3.05) is 0 Å². The van der Waals surface area contributed by atoms with Crippen LogP contribution in [0.3, 0.4) is 0 Å². The molecule has 1 aromatic heterocycles. The monoisotopic (exact) mass is 309 g/mol. The molecule has 1 atom stereocenters. The minimum absolute atomic E-state index is 0.0997. The summed E-state index contributed by atoms with van der Waals surface area (Å²) in [6.07, 6.45) is -5.42. The predicted octanol–water partition coefficient (Wildman–Crippen LogP) is 4.03. The molecule has 1 aromatic carbocycles. The first-order valence-electron chi connectivity index (χ1n) is 6.19. The fourth-order valence-electron chi connectivity index (χ4n) is 1.70. The van der Waals surface area contributed by atoms with Crippen LogP contribution in [-0.2, 0) is 10.9 Å². The molecule has 1 heterocycles. The van der Waals surface area contributed by atoms with Crippen molar-refractivity contribution in [3.8, 4) is 17.4 Å². The number of halogens is 3. The molecule has 0 spiro atoms. The molecule has 0 saturated carbocycles. The predicted molar refractivity (Wildman–Crippen MR) is 69.6 cm³/mol. The van der Waals surface area contributed by atoms with Crippen molar-refractivity contribution >= 4 is 5.97 Å². The molecule has 0 aliphatic heterocycles. The lowest BCUT2D eigenvalue weighted by Crippen LogP contribution is -2.12. The highest BCUT2D eigenvalue weighted by molar-refractivity contribution is 5.87. The van der Waals surface area contributed by atoms with Crippen LogP contribution in [0.5, 0.6) is 0 Å². The van der Waals surface area contributed by atoms with Gasteiger partial charge < -0.3 is 9.15 Å². The van der Waals surface area contributed by atoms with Crippen molar-refractivity contribution in [2.45, 2.75) is 19.2 Å². The number of esters is 1. The number of ether oxygens (including phenoxy) is 1. The van der Waals surface area contributed by atoms with Gasteiger partial charge in [-0.25, -0.2) is 4.79 Å². The minimum Gasteiger partial charge on any atom is -0.449 e. The molecule has 0 unspecified atom stereocenters. The van der Waals surface area contributed by atoms with Crippen molar-refractivity contribution in [3.05, 3.63) is 47.7 Å². The molecule has 0 amide bonds.